The number of aromatic nitrogens is 1. The Hall–Kier alpha value is -2.96. The Morgan fingerprint density at radius 2 is 1.78 bits per heavy atom. The molecule has 32 heavy (non-hydrogen) atoms. The number of rotatable bonds is 6. The van der Waals surface area contributed by atoms with Crippen LogP contribution in [0.1, 0.15) is 28.4 Å². The van der Waals surface area contributed by atoms with Gasteiger partial charge in [-0.2, -0.15) is 0 Å². The van der Waals surface area contributed by atoms with E-state index in [2.05, 4.69) is 50.5 Å². The molecule has 3 aromatic carbocycles. The summed E-state index contributed by atoms with van der Waals surface area (Å²) < 4.78 is 18.1. The van der Waals surface area contributed by atoms with E-state index >= 15 is 0 Å². The van der Waals surface area contributed by atoms with Gasteiger partial charge in [0.25, 0.3) is 0 Å². The maximum Gasteiger partial charge on any atom is 0.153 e. The molecule has 1 aliphatic heterocycles. The van der Waals surface area contributed by atoms with Crippen molar-refractivity contribution in [2.24, 2.45) is 0 Å². The predicted octanol–water partition coefficient (Wildman–Crippen LogP) is 4.74. The van der Waals surface area contributed by atoms with Crippen LogP contribution in [0.5, 0.6) is 17.2 Å². The van der Waals surface area contributed by atoms with Crippen molar-refractivity contribution in [3.05, 3.63) is 87.5 Å². The Labute approximate surface area is 195 Å². The first-order chi connectivity index (χ1) is 15.7. The molecule has 5 rings (SSSR count). The zero-order valence-corrected chi connectivity index (χ0v) is 19.7. The van der Waals surface area contributed by atoms with Crippen LogP contribution in [0.3, 0.4) is 0 Å². The molecule has 0 amide bonds. The smallest absolute Gasteiger partial charge is 0.153 e. The summed E-state index contributed by atoms with van der Waals surface area (Å²) in [5, 5.41) is 3.65. The molecule has 0 saturated carbocycles. The molecular formula is C26H26BrN2O3+. The van der Waals surface area contributed by atoms with Crippen molar-refractivity contribution in [2.45, 2.75) is 19.1 Å². The molecule has 1 unspecified atom stereocenters. The Bertz CT molecular complexity index is 1250. The molecule has 6 heteroatoms. The first-order valence-electron chi connectivity index (χ1n) is 10.7. The number of quaternary nitrogens is 1. The van der Waals surface area contributed by atoms with Crippen LogP contribution in [0.2, 0.25) is 0 Å². The van der Waals surface area contributed by atoms with Crippen LogP contribution in [0.25, 0.3) is 10.9 Å². The third-order valence-electron chi connectivity index (χ3n) is 6.13. The van der Waals surface area contributed by atoms with Gasteiger partial charge in [0.2, 0.25) is 0 Å². The quantitative estimate of drug-likeness (QED) is 0.407. The SMILES string of the molecule is COc1ccc2[nH]c3c(c2c1)CC[NH2+]C3c1ccc(OC)c(COc2ccc(Br)cc2)c1. The highest BCUT2D eigenvalue weighted by atomic mass is 79.9. The van der Waals surface area contributed by atoms with Gasteiger partial charge in [-0.05, 0) is 66.2 Å². The van der Waals surface area contributed by atoms with E-state index in [1.54, 1.807) is 14.2 Å². The van der Waals surface area contributed by atoms with E-state index in [0.717, 1.165) is 45.8 Å². The van der Waals surface area contributed by atoms with Crippen LogP contribution in [0.4, 0.5) is 0 Å². The van der Waals surface area contributed by atoms with Gasteiger partial charge in [-0.1, -0.05) is 15.9 Å². The van der Waals surface area contributed by atoms with Gasteiger partial charge in [0, 0.05) is 32.9 Å². The number of ether oxygens (including phenoxy) is 3. The molecule has 1 aliphatic rings. The molecule has 0 bridgehead atoms. The molecule has 3 N–H and O–H groups in total. The second kappa shape index (κ2) is 8.88. The first-order valence-corrected chi connectivity index (χ1v) is 11.5. The number of hydrogen-bond acceptors (Lipinski definition) is 3. The first kappa shape index (κ1) is 20.9. The van der Waals surface area contributed by atoms with Crippen molar-refractivity contribution in [3.8, 4) is 17.2 Å². The highest BCUT2D eigenvalue weighted by molar-refractivity contribution is 9.10. The molecule has 4 aromatic rings. The predicted molar refractivity (Wildman–Crippen MR) is 129 cm³/mol. The van der Waals surface area contributed by atoms with E-state index in [1.165, 1.54) is 22.2 Å². The molecule has 1 aromatic heterocycles. The Morgan fingerprint density at radius 1 is 0.969 bits per heavy atom. The van der Waals surface area contributed by atoms with E-state index in [9.17, 15) is 0 Å². The lowest BCUT2D eigenvalue weighted by Gasteiger charge is -2.22. The van der Waals surface area contributed by atoms with Crippen molar-refractivity contribution in [2.75, 3.05) is 20.8 Å². The van der Waals surface area contributed by atoms with Gasteiger partial charge < -0.3 is 24.5 Å². The second-order valence-electron chi connectivity index (χ2n) is 7.99. The molecule has 5 nitrogen and oxygen atoms in total. The fourth-order valence-corrected chi connectivity index (χ4v) is 4.79. The number of aromatic amines is 1. The van der Waals surface area contributed by atoms with Crippen LogP contribution in [0, 0.1) is 0 Å². The molecule has 2 heterocycles. The number of H-pyrrole nitrogens is 1. The summed E-state index contributed by atoms with van der Waals surface area (Å²) >= 11 is 3.46. The number of benzene rings is 3. The number of fused-ring (bicyclic) bond motifs is 3. The number of nitrogens with one attached hydrogen (secondary N) is 1. The molecule has 0 aliphatic carbocycles. The summed E-state index contributed by atoms with van der Waals surface area (Å²) in [4.78, 5) is 3.67. The number of hydrogen-bond donors (Lipinski definition) is 2. The lowest BCUT2D eigenvalue weighted by Crippen LogP contribution is -2.87. The minimum absolute atomic E-state index is 0.203. The largest absolute Gasteiger partial charge is 0.497 e. The Balaban J connectivity index is 1.47. The zero-order chi connectivity index (χ0) is 22.1. The fourth-order valence-electron chi connectivity index (χ4n) is 4.52. The minimum atomic E-state index is 0.203. The third kappa shape index (κ3) is 3.96. The van der Waals surface area contributed by atoms with Gasteiger partial charge in [0.15, 0.2) is 6.04 Å². The maximum atomic E-state index is 6.04. The van der Waals surface area contributed by atoms with Gasteiger partial charge in [-0.25, -0.2) is 0 Å². The minimum Gasteiger partial charge on any atom is -0.497 e. The van der Waals surface area contributed by atoms with Crippen molar-refractivity contribution < 1.29 is 19.5 Å². The highest BCUT2D eigenvalue weighted by Crippen LogP contribution is 2.34. The van der Waals surface area contributed by atoms with Crippen LogP contribution in [0.15, 0.2) is 65.1 Å². The lowest BCUT2D eigenvalue weighted by atomic mass is 9.93. The summed E-state index contributed by atoms with van der Waals surface area (Å²) in [7, 11) is 3.42. The van der Waals surface area contributed by atoms with Crippen LogP contribution in [-0.2, 0) is 13.0 Å². The van der Waals surface area contributed by atoms with Crippen molar-refractivity contribution >= 4 is 26.8 Å². The average molecular weight is 494 g/mol. The number of methoxy groups -OCH3 is 2. The third-order valence-corrected chi connectivity index (χ3v) is 6.65. The summed E-state index contributed by atoms with van der Waals surface area (Å²) in [6.07, 6.45) is 1.04. The Morgan fingerprint density at radius 3 is 2.56 bits per heavy atom. The average Bonchev–Trinajstić information content (AvgIpc) is 3.21. The second-order valence-corrected chi connectivity index (χ2v) is 8.91. The molecule has 164 valence electrons. The normalized spacial score (nSPS) is 15.4. The lowest BCUT2D eigenvalue weighted by molar-refractivity contribution is -0.690. The Kier molecular flexibility index (Phi) is 5.81. The van der Waals surface area contributed by atoms with Crippen LogP contribution >= 0.6 is 15.9 Å². The summed E-state index contributed by atoms with van der Waals surface area (Å²) in [5.41, 5.74) is 6.08. The van der Waals surface area contributed by atoms with Crippen molar-refractivity contribution in [3.63, 3.8) is 0 Å². The van der Waals surface area contributed by atoms with Gasteiger partial charge in [-0.15, -0.1) is 0 Å². The van der Waals surface area contributed by atoms with E-state index < -0.39 is 0 Å². The monoisotopic (exact) mass is 493 g/mol. The van der Waals surface area contributed by atoms with E-state index in [1.807, 2.05) is 36.4 Å². The molecule has 0 fully saturated rings. The van der Waals surface area contributed by atoms with Crippen LogP contribution < -0.4 is 19.5 Å². The summed E-state index contributed by atoms with van der Waals surface area (Å²) in [6, 6.07) is 20.7. The van der Waals surface area contributed by atoms with E-state index in [4.69, 9.17) is 14.2 Å². The number of halogens is 1. The summed E-state index contributed by atoms with van der Waals surface area (Å²) in [5.74, 6) is 2.56. The van der Waals surface area contributed by atoms with Gasteiger partial charge in [0.1, 0.15) is 23.9 Å². The van der Waals surface area contributed by atoms with Gasteiger partial charge in [0.05, 0.1) is 26.5 Å². The van der Waals surface area contributed by atoms with E-state index in [-0.39, 0.29) is 6.04 Å². The molecule has 1 atom stereocenters. The zero-order valence-electron chi connectivity index (χ0n) is 18.2. The molecule has 0 spiro atoms. The van der Waals surface area contributed by atoms with E-state index in [0.29, 0.717) is 6.61 Å². The number of nitrogens with two attached hydrogens (primary N) is 1. The highest BCUT2D eigenvalue weighted by Gasteiger charge is 2.29. The molecule has 0 saturated heterocycles. The standard InChI is InChI=1S/C26H25BrN2O3/c1-30-20-8-9-23-22(14-20)21-11-12-28-25(26(21)29-23)16-3-10-24(31-2)17(13-16)15-32-19-6-4-18(27)5-7-19/h3-10,13-14,25,28-29H,11-12,15H2,1-2H3/p+1. The molecule has 0 radical (unpaired) electrons. The summed E-state index contributed by atoms with van der Waals surface area (Å²) in [6.45, 7) is 1.49. The van der Waals surface area contributed by atoms with Gasteiger partial charge >= 0.3 is 0 Å². The maximum absolute atomic E-state index is 6.04. The molecular weight excluding hydrogens is 468 g/mol. The van der Waals surface area contributed by atoms with Crippen molar-refractivity contribution in [1.82, 2.24) is 4.98 Å². The van der Waals surface area contributed by atoms with Crippen LogP contribution in [-0.4, -0.2) is 25.7 Å². The van der Waals surface area contributed by atoms with Crippen molar-refractivity contribution in [1.29, 1.82) is 0 Å². The fraction of sp³-hybridized carbons (Fsp3) is 0.231. The topological polar surface area (TPSA) is 60.1 Å². The van der Waals surface area contributed by atoms with Gasteiger partial charge in [-0.3, -0.25) is 0 Å².